The molecule has 2 N–H and O–H groups in total. The van der Waals surface area contributed by atoms with Crippen LogP contribution in [-0.2, 0) is 4.74 Å². The third kappa shape index (κ3) is 3.22. The van der Waals surface area contributed by atoms with Crippen molar-refractivity contribution in [3.05, 3.63) is 23.8 Å². The molecule has 5 nitrogen and oxygen atoms in total. The molecule has 1 amide bonds. The summed E-state index contributed by atoms with van der Waals surface area (Å²) in [5.74, 6) is -0.471. The molecule has 20 heavy (non-hydrogen) atoms. The Kier molecular flexibility index (Phi) is 3.42. The number of ether oxygens (including phenoxy) is 1. The summed E-state index contributed by atoms with van der Waals surface area (Å²) in [6.07, 6.45) is 0. The molecule has 110 valence electrons. The maximum Gasteiger partial charge on any atom is 0.254 e. The second kappa shape index (κ2) is 4.66. The van der Waals surface area contributed by atoms with Gasteiger partial charge in [-0.2, -0.15) is 0 Å². The van der Waals surface area contributed by atoms with Crippen molar-refractivity contribution < 1.29 is 19.7 Å². The topological polar surface area (TPSA) is 70.0 Å². The zero-order valence-electron chi connectivity index (χ0n) is 12.3. The van der Waals surface area contributed by atoms with Crippen LogP contribution in [-0.4, -0.2) is 45.3 Å². The first-order valence-electron chi connectivity index (χ1n) is 6.60. The van der Waals surface area contributed by atoms with Crippen molar-refractivity contribution in [3.8, 4) is 11.5 Å². The minimum Gasteiger partial charge on any atom is -0.508 e. The van der Waals surface area contributed by atoms with Crippen LogP contribution in [0.25, 0.3) is 0 Å². The van der Waals surface area contributed by atoms with E-state index in [-0.39, 0.29) is 23.0 Å². The Balaban J connectivity index is 2.28. The lowest BCUT2D eigenvalue weighted by atomic mass is 9.98. The fraction of sp³-hybridized carbons (Fsp3) is 0.533. The van der Waals surface area contributed by atoms with Crippen molar-refractivity contribution in [1.82, 2.24) is 4.90 Å². The minimum absolute atomic E-state index is 0.125. The molecule has 0 aromatic heterocycles. The van der Waals surface area contributed by atoms with Gasteiger partial charge in [-0.15, -0.1) is 0 Å². The summed E-state index contributed by atoms with van der Waals surface area (Å²) in [5.41, 5.74) is -0.594. The van der Waals surface area contributed by atoms with E-state index in [4.69, 9.17) is 4.74 Å². The number of benzene rings is 1. The smallest absolute Gasteiger partial charge is 0.254 e. The number of carbonyl (C=O) groups is 1. The zero-order valence-corrected chi connectivity index (χ0v) is 12.3. The molecule has 1 aliphatic rings. The maximum atomic E-state index is 12.5. The molecule has 0 radical (unpaired) electrons. The normalized spacial score (nSPS) is 20.7. The van der Waals surface area contributed by atoms with Gasteiger partial charge in [-0.05, 0) is 39.8 Å². The molecular weight excluding hydrogens is 258 g/mol. The molecule has 2 rings (SSSR count). The van der Waals surface area contributed by atoms with E-state index in [2.05, 4.69) is 0 Å². The molecule has 1 fully saturated rings. The third-order valence-electron chi connectivity index (χ3n) is 3.13. The van der Waals surface area contributed by atoms with Gasteiger partial charge in [0.05, 0.1) is 11.2 Å². The zero-order chi connectivity index (χ0) is 15.1. The van der Waals surface area contributed by atoms with Crippen molar-refractivity contribution in [1.29, 1.82) is 0 Å². The van der Waals surface area contributed by atoms with Gasteiger partial charge in [-0.3, -0.25) is 4.79 Å². The van der Waals surface area contributed by atoms with Crippen LogP contribution in [0.1, 0.15) is 38.1 Å². The van der Waals surface area contributed by atoms with Crippen LogP contribution in [0, 0.1) is 0 Å². The highest BCUT2D eigenvalue weighted by Crippen LogP contribution is 2.30. The van der Waals surface area contributed by atoms with Crippen molar-refractivity contribution in [2.75, 3.05) is 13.1 Å². The molecule has 1 aliphatic heterocycles. The summed E-state index contributed by atoms with van der Waals surface area (Å²) in [4.78, 5) is 14.2. The Morgan fingerprint density at radius 1 is 1.05 bits per heavy atom. The van der Waals surface area contributed by atoms with Gasteiger partial charge in [0.25, 0.3) is 5.91 Å². The van der Waals surface area contributed by atoms with E-state index in [1.807, 2.05) is 27.7 Å². The van der Waals surface area contributed by atoms with Gasteiger partial charge in [0.1, 0.15) is 11.5 Å². The first kappa shape index (κ1) is 14.7. The molecule has 0 bridgehead atoms. The highest BCUT2D eigenvalue weighted by molar-refractivity contribution is 5.95. The van der Waals surface area contributed by atoms with Gasteiger partial charge in [-0.25, -0.2) is 0 Å². The Hall–Kier alpha value is -1.75. The standard InChI is InChI=1S/C15H21NO4/c1-14(2)8-16(9-15(3,4)20-14)13(19)10-5-11(17)7-12(18)6-10/h5-7,17-18H,8-9H2,1-4H3. The molecule has 1 aromatic carbocycles. The van der Waals surface area contributed by atoms with Crippen LogP contribution in [0.4, 0.5) is 0 Å². The quantitative estimate of drug-likeness (QED) is 0.826. The largest absolute Gasteiger partial charge is 0.508 e. The van der Waals surface area contributed by atoms with E-state index in [1.54, 1.807) is 4.90 Å². The van der Waals surface area contributed by atoms with Crippen LogP contribution >= 0.6 is 0 Å². The van der Waals surface area contributed by atoms with Crippen LogP contribution in [0.5, 0.6) is 11.5 Å². The van der Waals surface area contributed by atoms with Gasteiger partial charge < -0.3 is 19.8 Å². The maximum absolute atomic E-state index is 12.5. The van der Waals surface area contributed by atoms with Crippen LogP contribution in [0.2, 0.25) is 0 Å². The second-order valence-corrected chi connectivity index (χ2v) is 6.52. The van der Waals surface area contributed by atoms with E-state index in [9.17, 15) is 15.0 Å². The molecule has 0 spiro atoms. The third-order valence-corrected chi connectivity index (χ3v) is 3.13. The fourth-order valence-electron chi connectivity index (χ4n) is 2.83. The number of carbonyl (C=O) groups excluding carboxylic acids is 1. The Bertz CT molecular complexity index is 500. The summed E-state index contributed by atoms with van der Waals surface area (Å²) in [7, 11) is 0. The Morgan fingerprint density at radius 2 is 1.50 bits per heavy atom. The first-order valence-corrected chi connectivity index (χ1v) is 6.60. The van der Waals surface area contributed by atoms with Crippen LogP contribution in [0.15, 0.2) is 18.2 Å². The van der Waals surface area contributed by atoms with E-state index >= 15 is 0 Å². The monoisotopic (exact) mass is 279 g/mol. The fourth-order valence-corrected chi connectivity index (χ4v) is 2.83. The average Bonchev–Trinajstić information content (AvgIpc) is 2.22. The first-order chi connectivity index (χ1) is 9.08. The molecular formula is C15H21NO4. The number of hydrogen-bond acceptors (Lipinski definition) is 4. The number of hydrogen-bond donors (Lipinski definition) is 2. The predicted octanol–water partition coefficient (Wildman–Crippen LogP) is 2.13. The number of phenolic OH excluding ortho intramolecular Hbond substituents is 2. The average molecular weight is 279 g/mol. The molecule has 1 saturated heterocycles. The number of amides is 1. The summed E-state index contributed by atoms with van der Waals surface area (Å²) in [5, 5.41) is 19.0. The highest BCUT2D eigenvalue weighted by Gasteiger charge is 2.40. The summed E-state index contributed by atoms with van der Waals surface area (Å²) in [6.45, 7) is 8.68. The van der Waals surface area contributed by atoms with Crippen molar-refractivity contribution in [2.45, 2.75) is 38.9 Å². The summed E-state index contributed by atoms with van der Waals surface area (Å²) in [6, 6.07) is 3.92. The number of phenols is 2. The Morgan fingerprint density at radius 3 is 1.95 bits per heavy atom. The molecule has 0 atom stereocenters. The lowest BCUT2D eigenvalue weighted by Crippen LogP contribution is -2.58. The van der Waals surface area contributed by atoms with Gasteiger partial charge >= 0.3 is 0 Å². The van der Waals surface area contributed by atoms with E-state index < -0.39 is 11.2 Å². The molecule has 1 heterocycles. The number of nitrogens with zero attached hydrogens (tertiary/aromatic N) is 1. The SMILES string of the molecule is CC1(C)CN(C(=O)c2cc(O)cc(O)c2)CC(C)(C)O1. The summed E-state index contributed by atoms with van der Waals surface area (Å²) >= 11 is 0. The number of aromatic hydroxyl groups is 2. The van der Waals surface area contributed by atoms with E-state index in [0.29, 0.717) is 13.1 Å². The van der Waals surface area contributed by atoms with Crippen molar-refractivity contribution in [3.63, 3.8) is 0 Å². The second-order valence-electron chi connectivity index (χ2n) is 6.52. The number of morpholine rings is 1. The van der Waals surface area contributed by atoms with Crippen molar-refractivity contribution >= 4 is 5.91 Å². The highest BCUT2D eigenvalue weighted by atomic mass is 16.5. The van der Waals surface area contributed by atoms with Gasteiger partial charge in [-0.1, -0.05) is 0 Å². The lowest BCUT2D eigenvalue weighted by Gasteiger charge is -2.47. The number of rotatable bonds is 1. The molecule has 0 aliphatic carbocycles. The molecule has 0 unspecified atom stereocenters. The molecule has 0 saturated carbocycles. The predicted molar refractivity (Wildman–Crippen MR) is 74.9 cm³/mol. The minimum atomic E-state index is -0.434. The van der Waals surface area contributed by atoms with Crippen LogP contribution in [0.3, 0.4) is 0 Å². The molecule has 1 aromatic rings. The van der Waals surface area contributed by atoms with E-state index in [1.165, 1.54) is 18.2 Å². The van der Waals surface area contributed by atoms with Crippen LogP contribution < -0.4 is 0 Å². The van der Waals surface area contributed by atoms with Gasteiger partial charge in [0, 0.05) is 24.7 Å². The summed E-state index contributed by atoms with van der Waals surface area (Å²) < 4.78 is 5.93. The lowest BCUT2D eigenvalue weighted by molar-refractivity contribution is -0.171. The Labute approximate surface area is 118 Å². The molecule has 5 heteroatoms. The van der Waals surface area contributed by atoms with Crippen molar-refractivity contribution in [2.24, 2.45) is 0 Å². The van der Waals surface area contributed by atoms with Gasteiger partial charge in [0.2, 0.25) is 0 Å². The van der Waals surface area contributed by atoms with E-state index in [0.717, 1.165) is 0 Å². The van der Waals surface area contributed by atoms with Gasteiger partial charge in [0.15, 0.2) is 0 Å².